The number of aryl methyl sites for hydroxylation is 1. The van der Waals surface area contributed by atoms with E-state index in [0.717, 1.165) is 6.26 Å². The van der Waals surface area contributed by atoms with Crippen LogP contribution in [0.1, 0.15) is 21.5 Å². The predicted molar refractivity (Wildman–Crippen MR) is 102 cm³/mol. The Kier molecular flexibility index (Phi) is 6.47. The van der Waals surface area contributed by atoms with E-state index in [2.05, 4.69) is 5.32 Å². The van der Waals surface area contributed by atoms with E-state index in [1.54, 1.807) is 6.92 Å². The molecule has 0 bridgehead atoms. The van der Waals surface area contributed by atoms with Gasteiger partial charge in [-0.3, -0.25) is 14.9 Å². The number of nitro benzene ring substituents is 1. The molecular formula is C18H18N2O7S. The number of carbonyl (C=O) groups is 2. The van der Waals surface area contributed by atoms with Crippen molar-refractivity contribution in [3.8, 4) is 0 Å². The minimum atomic E-state index is -3.18. The van der Waals surface area contributed by atoms with Crippen molar-refractivity contribution < 1.29 is 27.7 Å². The first-order valence-electron chi connectivity index (χ1n) is 8.04. The van der Waals surface area contributed by atoms with Gasteiger partial charge in [0.15, 0.2) is 16.4 Å². The van der Waals surface area contributed by atoms with Gasteiger partial charge in [0.25, 0.3) is 11.6 Å². The van der Waals surface area contributed by atoms with Crippen molar-refractivity contribution in [1.29, 1.82) is 0 Å². The Morgan fingerprint density at radius 3 is 2.36 bits per heavy atom. The minimum absolute atomic E-state index is 0.135. The highest BCUT2D eigenvalue weighted by molar-refractivity contribution is 7.89. The van der Waals surface area contributed by atoms with Gasteiger partial charge >= 0.3 is 5.97 Å². The van der Waals surface area contributed by atoms with E-state index in [4.69, 9.17) is 4.74 Å². The second-order valence-electron chi connectivity index (χ2n) is 6.15. The molecule has 0 unspecified atom stereocenters. The quantitative estimate of drug-likeness (QED) is 0.423. The summed E-state index contributed by atoms with van der Waals surface area (Å²) in [5.41, 5.74) is 1.22. The van der Waals surface area contributed by atoms with Crippen LogP contribution in [0.5, 0.6) is 0 Å². The predicted octanol–water partition coefficient (Wildman–Crippen LogP) is 2.24. The highest BCUT2D eigenvalue weighted by Gasteiger charge is 2.14. The third-order valence-electron chi connectivity index (χ3n) is 3.64. The first-order valence-corrected chi connectivity index (χ1v) is 10.1. The fourth-order valence-corrected chi connectivity index (χ4v) is 3.13. The molecule has 1 amide bonds. The van der Waals surface area contributed by atoms with Crippen molar-refractivity contribution in [3.63, 3.8) is 0 Å². The first kappa shape index (κ1) is 21.0. The standard InChI is InChI=1S/C18H18N2O7S/c1-12-3-8-15(9-16(12)20(23)24)19-17(21)10-27-18(22)14-6-4-13(5-7-14)11-28(2,25)26/h3-9H,10-11H2,1-2H3,(H,19,21). The maximum absolute atomic E-state index is 12.0. The molecule has 0 aromatic heterocycles. The van der Waals surface area contributed by atoms with Gasteiger partial charge in [-0.15, -0.1) is 0 Å². The number of esters is 1. The molecule has 1 N–H and O–H groups in total. The van der Waals surface area contributed by atoms with E-state index < -0.39 is 33.2 Å². The molecule has 0 aliphatic rings. The van der Waals surface area contributed by atoms with Gasteiger partial charge in [-0.25, -0.2) is 13.2 Å². The number of nitrogens with zero attached hydrogens (tertiary/aromatic N) is 1. The molecule has 0 radical (unpaired) electrons. The van der Waals surface area contributed by atoms with Crippen LogP contribution in [0, 0.1) is 17.0 Å². The normalized spacial score (nSPS) is 10.9. The number of carbonyl (C=O) groups excluding carboxylic acids is 2. The molecule has 28 heavy (non-hydrogen) atoms. The van der Waals surface area contributed by atoms with Gasteiger partial charge in [0, 0.05) is 23.6 Å². The van der Waals surface area contributed by atoms with Crippen molar-refractivity contribution in [2.45, 2.75) is 12.7 Å². The minimum Gasteiger partial charge on any atom is -0.452 e. The molecule has 2 aromatic carbocycles. The van der Waals surface area contributed by atoms with Crippen LogP contribution in [0.2, 0.25) is 0 Å². The Morgan fingerprint density at radius 2 is 1.79 bits per heavy atom. The molecule has 0 atom stereocenters. The van der Waals surface area contributed by atoms with E-state index in [9.17, 15) is 28.1 Å². The van der Waals surface area contributed by atoms with E-state index in [-0.39, 0.29) is 22.7 Å². The Balaban J connectivity index is 1.93. The number of hydrogen-bond acceptors (Lipinski definition) is 7. The van der Waals surface area contributed by atoms with Crippen molar-refractivity contribution in [1.82, 2.24) is 0 Å². The number of ether oxygens (including phenoxy) is 1. The maximum Gasteiger partial charge on any atom is 0.338 e. The van der Waals surface area contributed by atoms with Crippen molar-refractivity contribution in [2.24, 2.45) is 0 Å². The lowest BCUT2D eigenvalue weighted by molar-refractivity contribution is -0.385. The fourth-order valence-electron chi connectivity index (χ4n) is 2.34. The Bertz CT molecular complexity index is 1010. The summed E-state index contributed by atoms with van der Waals surface area (Å²) in [5.74, 6) is -1.55. The average molecular weight is 406 g/mol. The monoisotopic (exact) mass is 406 g/mol. The molecule has 0 saturated carbocycles. The molecule has 9 nitrogen and oxygen atoms in total. The zero-order valence-corrected chi connectivity index (χ0v) is 16.0. The molecule has 0 aliphatic carbocycles. The third kappa shape index (κ3) is 6.16. The third-order valence-corrected chi connectivity index (χ3v) is 4.50. The molecule has 2 aromatic rings. The molecule has 148 valence electrons. The summed E-state index contributed by atoms with van der Waals surface area (Å²) >= 11 is 0. The number of hydrogen-bond donors (Lipinski definition) is 1. The molecule has 2 rings (SSSR count). The lowest BCUT2D eigenvalue weighted by Gasteiger charge is -2.08. The van der Waals surface area contributed by atoms with Gasteiger partial charge in [0.2, 0.25) is 0 Å². The molecule has 0 heterocycles. The second-order valence-corrected chi connectivity index (χ2v) is 8.29. The first-order chi connectivity index (χ1) is 13.0. The van der Waals surface area contributed by atoms with Gasteiger partial charge in [0.05, 0.1) is 16.2 Å². The fraction of sp³-hybridized carbons (Fsp3) is 0.222. The lowest BCUT2D eigenvalue weighted by Crippen LogP contribution is -2.21. The average Bonchev–Trinajstić information content (AvgIpc) is 2.60. The van der Waals surface area contributed by atoms with E-state index in [1.165, 1.54) is 42.5 Å². The summed E-state index contributed by atoms with van der Waals surface area (Å²) in [4.78, 5) is 34.2. The zero-order chi connectivity index (χ0) is 20.9. The van der Waals surface area contributed by atoms with Crippen molar-refractivity contribution in [2.75, 3.05) is 18.2 Å². The number of sulfone groups is 1. The summed E-state index contributed by atoms with van der Waals surface area (Å²) < 4.78 is 27.4. The van der Waals surface area contributed by atoms with Crippen LogP contribution in [-0.4, -0.2) is 38.1 Å². The summed E-state index contributed by atoms with van der Waals surface area (Å²) in [6, 6.07) is 10.0. The number of nitrogens with one attached hydrogen (secondary N) is 1. The molecule has 0 saturated heterocycles. The second kappa shape index (κ2) is 8.61. The highest BCUT2D eigenvalue weighted by Crippen LogP contribution is 2.22. The largest absolute Gasteiger partial charge is 0.452 e. The molecular weight excluding hydrogens is 388 g/mol. The van der Waals surface area contributed by atoms with Crippen molar-refractivity contribution >= 4 is 33.1 Å². The summed E-state index contributed by atoms with van der Waals surface area (Å²) in [5, 5.41) is 13.3. The van der Waals surface area contributed by atoms with Crippen molar-refractivity contribution in [3.05, 3.63) is 69.3 Å². The van der Waals surface area contributed by atoms with E-state index in [1.807, 2.05) is 0 Å². The van der Waals surface area contributed by atoms with Crippen LogP contribution >= 0.6 is 0 Å². The number of rotatable bonds is 7. The van der Waals surface area contributed by atoms with Crippen LogP contribution in [-0.2, 0) is 25.1 Å². The van der Waals surface area contributed by atoms with E-state index in [0.29, 0.717) is 11.1 Å². The molecule has 0 fully saturated rings. The number of anilines is 1. The Morgan fingerprint density at radius 1 is 1.14 bits per heavy atom. The Hall–Kier alpha value is -3.27. The van der Waals surface area contributed by atoms with Crippen LogP contribution in [0.25, 0.3) is 0 Å². The number of amides is 1. The lowest BCUT2D eigenvalue weighted by atomic mass is 10.1. The zero-order valence-electron chi connectivity index (χ0n) is 15.2. The molecule has 10 heteroatoms. The van der Waals surface area contributed by atoms with Crippen LogP contribution in [0.3, 0.4) is 0 Å². The molecule has 0 spiro atoms. The summed E-state index contributed by atoms with van der Waals surface area (Å²) in [7, 11) is -3.18. The van der Waals surface area contributed by atoms with Gasteiger partial charge in [-0.2, -0.15) is 0 Å². The molecule has 0 aliphatic heterocycles. The van der Waals surface area contributed by atoms with Crippen LogP contribution in [0.4, 0.5) is 11.4 Å². The smallest absolute Gasteiger partial charge is 0.338 e. The maximum atomic E-state index is 12.0. The van der Waals surface area contributed by atoms with E-state index >= 15 is 0 Å². The topological polar surface area (TPSA) is 133 Å². The van der Waals surface area contributed by atoms with Gasteiger partial charge < -0.3 is 10.1 Å². The Labute approximate surface area is 161 Å². The van der Waals surface area contributed by atoms with Crippen LogP contribution < -0.4 is 5.32 Å². The van der Waals surface area contributed by atoms with Gasteiger partial charge in [-0.05, 0) is 30.7 Å². The summed E-state index contributed by atoms with van der Waals surface area (Å²) in [6.07, 6.45) is 1.11. The van der Waals surface area contributed by atoms with Gasteiger partial charge in [0.1, 0.15) is 0 Å². The number of nitro groups is 1. The summed E-state index contributed by atoms with van der Waals surface area (Å²) in [6.45, 7) is 0.998. The van der Waals surface area contributed by atoms with Crippen LogP contribution in [0.15, 0.2) is 42.5 Å². The van der Waals surface area contributed by atoms with Gasteiger partial charge in [-0.1, -0.05) is 18.2 Å². The SMILES string of the molecule is Cc1ccc(NC(=O)COC(=O)c2ccc(CS(C)(=O)=O)cc2)cc1[N+](=O)[O-]. The number of benzene rings is 2. The highest BCUT2D eigenvalue weighted by atomic mass is 32.2.